The van der Waals surface area contributed by atoms with Crippen LogP contribution >= 0.6 is 39.0 Å². The number of thiophene rings is 1. The summed E-state index contributed by atoms with van der Waals surface area (Å²) >= 11 is 6.68. The number of aromatic nitrogens is 2. The lowest BCUT2D eigenvalue weighted by Gasteiger charge is -2.09. The van der Waals surface area contributed by atoms with E-state index in [1.165, 1.54) is 0 Å². The van der Waals surface area contributed by atoms with E-state index < -0.39 is 6.04 Å². The number of nitrogens with zero attached hydrogens (tertiary/aromatic N) is 1. The monoisotopic (exact) mass is 374 g/mol. The van der Waals surface area contributed by atoms with Crippen molar-refractivity contribution in [1.29, 1.82) is 0 Å². The molecule has 8 heteroatoms. The summed E-state index contributed by atoms with van der Waals surface area (Å²) < 4.78 is 1.05. The molecular formula is C12H15BrN4OS2. The van der Waals surface area contributed by atoms with Crippen LogP contribution in [0.2, 0.25) is 0 Å². The van der Waals surface area contributed by atoms with E-state index in [1.807, 2.05) is 18.4 Å². The molecule has 20 heavy (non-hydrogen) atoms. The maximum atomic E-state index is 11.9. The Balaban J connectivity index is 1.97. The number of anilines is 1. The highest BCUT2D eigenvalue weighted by Gasteiger charge is 2.15. The summed E-state index contributed by atoms with van der Waals surface area (Å²) in [6.45, 7) is 0. The van der Waals surface area contributed by atoms with E-state index in [1.54, 1.807) is 29.2 Å². The van der Waals surface area contributed by atoms with Crippen LogP contribution in [0.15, 0.2) is 22.0 Å². The smallest absolute Gasteiger partial charge is 0.242 e. The third-order valence-corrected chi connectivity index (χ3v) is 4.94. The molecule has 108 valence electrons. The largest absolute Gasteiger partial charge is 0.320 e. The first-order valence-corrected chi connectivity index (χ1v) is 8.97. The van der Waals surface area contributed by atoms with Crippen molar-refractivity contribution < 1.29 is 4.79 Å². The number of hydrogen-bond donors (Lipinski definition) is 3. The van der Waals surface area contributed by atoms with Crippen LogP contribution in [-0.2, 0) is 4.79 Å². The number of nitrogens with one attached hydrogen (secondary N) is 2. The van der Waals surface area contributed by atoms with Gasteiger partial charge in [-0.1, -0.05) is 0 Å². The second-order valence-electron chi connectivity index (χ2n) is 4.15. The fourth-order valence-corrected chi connectivity index (χ4v) is 3.41. The van der Waals surface area contributed by atoms with Crippen molar-refractivity contribution in [3.05, 3.63) is 22.0 Å². The number of thioether (sulfide) groups is 1. The van der Waals surface area contributed by atoms with Gasteiger partial charge in [0, 0.05) is 6.07 Å². The van der Waals surface area contributed by atoms with Crippen LogP contribution in [0.25, 0.3) is 10.6 Å². The Morgan fingerprint density at radius 3 is 3.10 bits per heavy atom. The molecule has 1 amide bonds. The van der Waals surface area contributed by atoms with E-state index in [2.05, 4.69) is 31.4 Å². The predicted molar refractivity (Wildman–Crippen MR) is 89.2 cm³/mol. The first-order chi connectivity index (χ1) is 9.60. The molecule has 0 aliphatic carbocycles. The van der Waals surface area contributed by atoms with Crippen molar-refractivity contribution in [3.63, 3.8) is 0 Å². The van der Waals surface area contributed by atoms with Gasteiger partial charge in [-0.25, -0.2) is 0 Å². The van der Waals surface area contributed by atoms with E-state index in [0.717, 1.165) is 20.1 Å². The van der Waals surface area contributed by atoms with Crippen LogP contribution in [0.4, 0.5) is 5.82 Å². The highest BCUT2D eigenvalue weighted by atomic mass is 79.9. The topological polar surface area (TPSA) is 83.8 Å². The van der Waals surface area contributed by atoms with E-state index in [4.69, 9.17) is 5.73 Å². The highest BCUT2D eigenvalue weighted by molar-refractivity contribution is 9.11. The van der Waals surface area contributed by atoms with Gasteiger partial charge < -0.3 is 11.1 Å². The molecule has 2 aromatic rings. The lowest BCUT2D eigenvalue weighted by atomic mass is 10.2. The molecule has 4 N–H and O–H groups in total. The molecular weight excluding hydrogens is 360 g/mol. The van der Waals surface area contributed by atoms with Crippen LogP contribution in [0.3, 0.4) is 0 Å². The quantitative estimate of drug-likeness (QED) is 0.725. The Kier molecular flexibility index (Phi) is 5.64. The van der Waals surface area contributed by atoms with Crippen molar-refractivity contribution in [2.45, 2.75) is 12.5 Å². The van der Waals surface area contributed by atoms with Crippen LogP contribution in [0, 0.1) is 0 Å². The molecule has 1 unspecified atom stereocenters. The molecule has 0 radical (unpaired) electrons. The fourth-order valence-electron chi connectivity index (χ4n) is 1.57. The first kappa shape index (κ1) is 15.6. The zero-order valence-corrected chi connectivity index (χ0v) is 14.1. The number of halogens is 1. The van der Waals surface area contributed by atoms with Crippen LogP contribution in [-0.4, -0.2) is 34.2 Å². The Labute approximate surface area is 133 Å². The number of carbonyl (C=O) groups is 1. The molecule has 2 heterocycles. The van der Waals surface area contributed by atoms with Crippen molar-refractivity contribution in [2.24, 2.45) is 5.73 Å². The predicted octanol–water partition coefficient (Wildman–Crippen LogP) is 2.92. The van der Waals surface area contributed by atoms with Gasteiger partial charge in [-0.15, -0.1) is 11.3 Å². The highest BCUT2D eigenvalue weighted by Crippen LogP contribution is 2.30. The van der Waals surface area contributed by atoms with Crippen molar-refractivity contribution in [2.75, 3.05) is 17.3 Å². The molecule has 0 fully saturated rings. The average Bonchev–Trinajstić information content (AvgIpc) is 3.04. The van der Waals surface area contributed by atoms with Gasteiger partial charge in [-0.05, 0) is 46.5 Å². The Morgan fingerprint density at radius 1 is 1.65 bits per heavy atom. The summed E-state index contributed by atoms with van der Waals surface area (Å²) in [5.74, 6) is 1.16. The zero-order valence-electron chi connectivity index (χ0n) is 10.9. The molecule has 2 rings (SSSR count). The first-order valence-electron chi connectivity index (χ1n) is 5.96. The minimum Gasteiger partial charge on any atom is -0.320 e. The average molecular weight is 375 g/mol. The molecule has 5 nitrogen and oxygen atoms in total. The van der Waals surface area contributed by atoms with Crippen LogP contribution in [0.1, 0.15) is 6.42 Å². The van der Waals surface area contributed by atoms with Crippen molar-refractivity contribution in [3.8, 4) is 10.6 Å². The van der Waals surface area contributed by atoms with Crippen molar-refractivity contribution in [1.82, 2.24) is 10.2 Å². The number of amides is 1. The summed E-state index contributed by atoms with van der Waals surface area (Å²) in [7, 11) is 0. The van der Waals surface area contributed by atoms with Gasteiger partial charge in [0.05, 0.1) is 20.4 Å². The molecule has 0 saturated heterocycles. The Morgan fingerprint density at radius 2 is 2.45 bits per heavy atom. The van der Waals surface area contributed by atoms with Gasteiger partial charge in [0.25, 0.3) is 0 Å². The molecule has 0 aliphatic heterocycles. The van der Waals surface area contributed by atoms with E-state index in [-0.39, 0.29) is 5.91 Å². The number of hydrogen-bond acceptors (Lipinski definition) is 5. The van der Waals surface area contributed by atoms with Gasteiger partial charge in [0.1, 0.15) is 0 Å². The molecule has 1 atom stereocenters. The fraction of sp³-hybridized carbons (Fsp3) is 0.333. The van der Waals surface area contributed by atoms with Crippen LogP contribution in [0.5, 0.6) is 0 Å². The normalized spacial score (nSPS) is 12.3. The lowest BCUT2D eigenvalue weighted by molar-refractivity contribution is -0.117. The van der Waals surface area contributed by atoms with Crippen molar-refractivity contribution >= 4 is 50.8 Å². The molecule has 0 aliphatic rings. The van der Waals surface area contributed by atoms with Gasteiger partial charge in [0.2, 0.25) is 5.91 Å². The zero-order chi connectivity index (χ0) is 14.5. The van der Waals surface area contributed by atoms with Gasteiger partial charge in [0.15, 0.2) is 5.82 Å². The third kappa shape index (κ3) is 4.08. The maximum absolute atomic E-state index is 11.9. The van der Waals surface area contributed by atoms with Gasteiger partial charge in [-0.2, -0.15) is 16.9 Å². The summed E-state index contributed by atoms with van der Waals surface area (Å²) in [4.78, 5) is 12.9. The number of rotatable bonds is 6. The molecule has 2 aromatic heterocycles. The second-order valence-corrected chi connectivity index (χ2v) is 7.60. The summed E-state index contributed by atoms with van der Waals surface area (Å²) in [6, 6.07) is 5.26. The van der Waals surface area contributed by atoms with Gasteiger partial charge >= 0.3 is 0 Å². The summed E-state index contributed by atoms with van der Waals surface area (Å²) in [5, 5.41) is 9.71. The molecule has 0 spiro atoms. The Bertz CT molecular complexity index is 584. The minimum absolute atomic E-state index is 0.204. The van der Waals surface area contributed by atoms with E-state index in [9.17, 15) is 4.79 Å². The summed E-state index contributed by atoms with van der Waals surface area (Å²) in [5.41, 5.74) is 6.67. The maximum Gasteiger partial charge on any atom is 0.242 e. The minimum atomic E-state index is -0.501. The van der Waals surface area contributed by atoms with E-state index >= 15 is 0 Å². The Hall–Kier alpha value is -0.830. The van der Waals surface area contributed by atoms with Crippen LogP contribution < -0.4 is 11.1 Å². The number of nitrogens with two attached hydrogens (primary N) is 1. The standard InChI is InChI=1S/C12H15BrN4OS2/c1-19-5-4-7(14)12(18)15-11-6-8(16-17-11)9-2-3-10(13)20-9/h2-3,6-7H,4-5,14H2,1H3,(H2,15,16,17,18). The lowest BCUT2D eigenvalue weighted by Crippen LogP contribution is -2.36. The SMILES string of the molecule is CSCCC(N)C(=O)Nc1cc(-c2ccc(Br)s2)[nH]n1. The second kappa shape index (κ2) is 7.26. The third-order valence-electron chi connectivity index (χ3n) is 2.64. The van der Waals surface area contributed by atoms with Gasteiger partial charge in [-0.3, -0.25) is 9.89 Å². The molecule has 0 saturated carbocycles. The molecule has 0 bridgehead atoms. The number of carbonyl (C=O) groups excluding carboxylic acids is 1. The molecule has 0 aromatic carbocycles. The number of aromatic amines is 1. The number of H-pyrrole nitrogens is 1. The summed E-state index contributed by atoms with van der Waals surface area (Å²) in [6.07, 6.45) is 2.64. The van der Waals surface area contributed by atoms with E-state index in [0.29, 0.717) is 12.2 Å².